The molecule has 0 heterocycles. The summed E-state index contributed by atoms with van der Waals surface area (Å²) in [4.78, 5) is 11.9. The molecule has 0 radical (unpaired) electrons. The Kier molecular flexibility index (Phi) is 6.34. The Hall–Kier alpha value is -1.04. The number of amides is 1. The van der Waals surface area contributed by atoms with Crippen molar-refractivity contribution in [2.75, 3.05) is 11.9 Å². The maximum Gasteiger partial charge on any atom is 0.241 e. The number of nitrogens with one attached hydrogen (secondary N) is 1. The summed E-state index contributed by atoms with van der Waals surface area (Å²) >= 11 is 9.31. The van der Waals surface area contributed by atoms with Crippen LogP contribution in [0, 0.1) is 0 Å². The molecule has 19 heavy (non-hydrogen) atoms. The normalized spacial score (nSPS) is 11.8. The SMILES string of the molecule is C=CCC(N)C(=O)Nc1cc(Cl)cc(Br)c1OCC. The fourth-order valence-electron chi connectivity index (χ4n) is 1.46. The van der Waals surface area contributed by atoms with Crippen LogP contribution in [-0.2, 0) is 4.79 Å². The predicted molar refractivity (Wildman–Crippen MR) is 81.7 cm³/mol. The number of carbonyl (C=O) groups is 1. The van der Waals surface area contributed by atoms with Gasteiger partial charge in [0.25, 0.3) is 0 Å². The second-order valence-corrected chi connectivity index (χ2v) is 5.11. The molecule has 0 saturated heterocycles. The van der Waals surface area contributed by atoms with Gasteiger partial charge >= 0.3 is 0 Å². The molecule has 6 heteroatoms. The zero-order valence-electron chi connectivity index (χ0n) is 10.6. The van der Waals surface area contributed by atoms with Gasteiger partial charge in [-0.05, 0) is 41.4 Å². The van der Waals surface area contributed by atoms with Crippen molar-refractivity contribution in [3.63, 3.8) is 0 Å². The summed E-state index contributed by atoms with van der Waals surface area (Å²) in [5, 5.41) is 3.20. The Labute approximate surface area is 126 Å². The molecule has 0 spiro atoms. The van der Waals surface area contributed by atoms with E-state index in [2.05, 4.69) is 27.8 Å². The average Bonchev–Trinajstić information content (AvgIpc) is 2.33. The summed E-state index contributed by atoms with van der Waals surface area (Å²) in [5.41, 5.74) is 6.20. The van der Waals surface area contributed by atoms with Crippen LogP contribution in [0.3, 0.4) is 0 Å². The van der Waals surface area contributed by atoms with Crippen LogP contribution in [0.4, 0.5) is 5.69 Å². The molecule has 0 fully saturated rings. The Morgan fingerprint density at radius 2 is 2.37 bits per heavy atom. The number of hydrogen-bond acceptors (Lipinski definition) is 3. The number of ether oxygens (including phenoxy) is 1. The van der Waals surface area contributed by atoms with Gasteiger partial charge in [0.2, 0.25) is 5.91 Å². The van der Waals surface area contributed by atoms with Gasteiger partial charge in [0.15, 0.2) is 5.75 Å². The van der Waals surface area contributed by atoms with Gasteiger partial charge < -0.3 is 15.8 Å². The minimum absolute atomic E-state index is 0.310. The predicted octanol–water partition coefficient (Wildman–Crippen LogP) is 3.34. The van der Waals surface area contributed by atoms with E-state index in [1.807, 2.05) is 6.92 Å². The van der Waals surface area contributed by atoms with Gasteiger partial charge in [-0.15, -0.1) is 6.58 Å². The number of anilines is 1. The molecule has 0 aromatic heterocycles. The summed E-state index contributed by atoms with van der Waals surface area (Å²) in [6.45, 7) is 5.88. The van der Waals surface area contributed by atoms with E-state index >= 15 is 0 Å². The van der Waals surface area contributed by atoms with E-state index in [0.717, 1.165) is 0 Å². The zero-order valence-corrected chi connectivity index (χ0v) is 12.9. The lowest BCUT2D eigenvalue weighted by atomic mass is 10.2. The van der Waals surface area contributed by atoms with Gasteiger partial charge in [0, 0.05) is 5.02 Å². The lowest BCUT2D eigenvalue weighted by Gasteiger charge is -2.15. The van der Waals surface area contributed by atoms with Gasteiger partial charge in [-0.2, -0.15) is 0 Å². The molecule has 1 aromatic carbocycles. The number of carbonyl (C=O) groups excluding carboxylic acids is 1. The van der Waals surface area contributed by atoms with Crippen molar-refractivity contribution in [3.05, 3.63) is 34.3 Å². The van der Waals surface area contributed by atoms with Crippen LogP contribution < -0.4 is 15.8 Å². The van der Waals surface area contributed by atoms with Crippen molar-refractivity contribution in [1.82, 2.24) is 0 Å². The highest BCUT2D eigenvalue weighted by atomic mass is 79.9. The van der Waals surface area contributed by atoms with Gasteiger partial charge in [-0.25, -0.2) is 0 Å². The van der Waals surface area contributed by atoms with E-state index in [0.29, 0.717) is 34.0 Å². The first-order chi connectivity index (χ1) is 8.99. The molecule has 0 bridgehead atoms. The number of benzene rings is 1. The molecule has 0 aliphatic carbocycles. The smallest absolute Gasteiger partial charge is 0.241 e. The molecule has 0 aliphatic rings. The zero-order chi connectivity index (χ0) is 14.4. The van der Waals surface area contributed by atoms with E-state index < -0.39 is 6.04 Å². The van der Waals surface area contributed by atoms with Crippen LogP contribution in [0.25, 0.3) is 0 Å². The quantitative estimate of drug-likeness (QED) is 0.776. The third-order valence-electron chi connectivity index (χ3n) is 2.31. The standard InChI is InChI=1S/C13H16BrClN2O2/c1-3-5-10(16)13(18)17-11-7-8(15)6-9(14)12(11)19-4-2/h3,6-7,10H,1,4-5,16H2,2H3,(H,17,18). The molecular weight excluding hydrogens is 332 g/mol. The Bertz CT molecular complexity index is 480. The minimum Gasteiger partial charge on any atom is -0.491 e. The monoisotopic (exact) mass is 346 g/mol. The first-order valence-electron chi connectivity index (χ1n) is 5.78. The molecule has 104 valence electrons. The van der Waals surface area contributed by atoms with Crippen LogP contribution in [0.15, 0.2) is 29.3 Å². The van der Waals surface area contributed by atoms with Crippen LogP contribution in [0.5, 0.6) is 5.75 Å². The van der Waals surface area contributed by atoms with E-state index in [1.54, 1.807) is 18.2 Å². The lowest BCUT2D eigenvalue weighted by Crippen LogP contribution is -2.35. The van der Waals surface area contributed by atoms with Crippen molar-refractivity contribution in [2.24, 2.45) is 5.73 Å². The third-order valence-corrected chi connectivity index (χ3v) is 3.12. The molecule has 4 nitrogen and oxygen atoms in total. The van der Waals surface area contributed by atoms with E-state index in [1.165, 1.54) is 0 Å². The minimum atomic E-state index is -0.648. The van der Waals surface area contributed by atoms with E-state index in [9.17, 15) is 4.79 Å². The largest absolute Gasteiger partial charge is 0.491 e. The second kappa shape index (κ2) is 7.53. The van der Waals surface area contributed by atoms with Gasteiger partial charge in [-0.3, -0.25) is 4.79 Å². The first kappa shape index (κ1) is 16.0. The fraction of sp³-hybridized carbons (Fsp3) is 0.308. The van der Waals surface area contributed by atoms with Gasteiger partial charge in [0.1, 0.15) is 0 Å². The molecule has 1 aromatic rings. The Balaban J connectivity index is 2.98. The molecule has 0 saturated carbocycles. The summed E-state index contributed by atoms with van der Waals surface area (Å²) in [7, 11) is 0. The molecule has 3 N–H and O–H groups in total. The lowest BCUT2D eigenvalue weighted by molar-refractivity contribution is -0.117. The van der Waals surface area contributed by atoms with Gasteiger partial charge in [0.05, 0.1) is 22.8 Å². The number of halogens is 2. The van der Waals surface area contributed by atoms with Crippen LogP contribution in [-0.4, -0.2) is 18.6 Å². The average molecular weight is 348 g/mol. The van der Waals surface area contributed by atoms with Crippen LogP contribution in [0.1, 0.15) is 13.3 Å². The molecular formula is C13H16BrClN2O2. The number of nitrogens with two attached hydrogens (primary N) is 1. The van der Waals surface area contributed by atoms with E-state index in [4.69, 9.17) is 22.1 Å². The maximum atomic E-state index is 11.9. The summed E-state index contributed by atoms with van der Waals surface area (Å²) in [6.07, 6.45) is 2.00. The molecule has 1 amide bonds. The summed E-state index contributed by atoms with van der Waals surface area (Å²) in [5.74, 6) is 0.223. The van der Waals surface area contributed by atoms with Crippen molar-refractivity contribution in [1.29, 1.82) is 0 Å². The van der Waals surface area contributed by atoms with Crippen molar-refractivity contribution < 1.29 is 9.53 Å². The topological polar surface area (TPSA) is 64.4 Å². The Morgan fingerprint density at radius 3 is 2.95 bits per heavy atom. The van der Waals surface area contributed by atoms with Crippen molar-refractivity contribution >= 4 is 39.1 Å². The van der Waals surface area contributed by atoms with Crippen LogP contribution in [0.2, 0.25) is 5.02 Å². The molecule has 0 aliphatic heterocycles. The first-order valence-corrected chi connectivity index (χ1v) is 6.95. The second-order valence-electron chi connectivity index (χ2n) is 3.82. The number of hydrogen-bond donors (Lipinski definition) is 2. The third kappa shape index (κ3) is 4.53. The van der Waals surface area contributed by atoms with E-state index in [-0.39, 0.29) is 5.91 Å². The molecule has 1 atom stereocenters. The van der Waals surface area contributed by atoms with Crippen molar-refractivity contribution in [2.45, 2.75) is 19.4 Å². The Morgan fingerprint density at radius 1 is 1.68 bits per heavy atom. The maximum absolute atomic E-state index is 11.9. The van der Waals surface area contributed by atoms with Crippen LogP contribution >= 0.6 is 27.5 Å². The molecule has 1 unspecified atom stereocenters. The highest BCUT2D eigenvalue weighted by Gasteiger charge is 2.16. The van der Waals surface area contributed by atoms with Gasteiger partial charge in [-0.1, -0.05) is 17.7 Å². The highest BCUT2D eigenvalue weighted by molar-refractivity contribution is 9.10. The molecule has 1 rings (SSSR count). The number of rotatable bonds is 6. The van der Waals surface area contributed by atoms with Crippen molar-refractivity contribution in [3.8, 4) is 5.75 Å². The fourth-order valence-corrected chi connectivity index (χ4v) is 2.38. The summed E-state index contributed by atoms with van der Waals surface area (Å²) in [6, 6.07) is 2.67. The highest BCUT2D eigenvalue weighted by Crippen LogP contribution is 2.36. The summed E-state index contributed by atoms with van der Waals surface area (Å²) < 4.78 is 6.16.